The van der Waals surface area contributed by atoms with Crippen LogP contribution >= 0.6 is 0 Å². The van der Waals surface area contributed by atoms with E-state index < -0.39 is 5.60 Å². The monoisotopic (exact) mass is 170 g/mol. The summed E-state index contributed by atoms with van der Waals surface area (Å²) in [7, 11) is 0. The maximum Gasteiger partial charge on any atom is 0.0910 e. The summed E-state index contributed by atoms with van der Waals surface area (Å²) in [6, 6.07) is 0. The summed E-state index contributed by atoms with van der Waals surface area (Å²) in [4.78, 5) is 0. The van der Waals surface area contributed by atoms with Gasteiger partial charge < -0.3 is 9.84 Å². The van der Waals surface area contributed by atoms with Crippen molar-refractivity contribution >= 4 is 0 Å². The third kappa shape index (κ3) is 2.32. The van der Waals surface area contributed by atoms with Gasteiger partial charge in [0.15, 0.2) is 0 Å². The lowest BCUT2D eigenvalue weighted by molar-refractivity contribution is 0.00231. The van der Waals surface area contributed by atoms with Crippen LogP contribution in [-0.2, 0) is 4.74 Å². The number of allylic oxidation sites excluding steroid dienone is 1. The van der Waals surface area contributed by atoms with Crippen LogP contribution in [0.5, 0.6) is 0 Å². The van der Waals surface area contributed by atoms with Crippen LogP contribution in [0.15, 0.2) is 12.7 Å². The van der Waals surface area contributed by atoms with Gasteiger partial charge in [0.05, 0.1) is 17.8 Å². The van der Waals surface area contributed by atoms with E-state index in [4.69, 9.17) is 4.74 Å². The maximum absolute atomic E-state index is 9.99. The fraction of sp³-hybridized carbons (Fsp3) is 0.800. The molecule has 0 saturated carbocycles. The molecule has 2 heteroatoms. The first-order valence-corrected chi connectivity index (χ1v) is 4.45. The van der Waals surface area contributed by atoms with Crippen molar-refractivity contribution in [3.63, 3.8) is 0 Å². The molecule has 1 heterocycles. The van der Waals surface area contributed by atoms with E-state index in [2.05, 4.69) is 6.58 Å². The van der Waals surface area contributed by atoms with Gasteiger partial charge in [-0.15, -0.1) is 6.58 Å². The molecule has 1 rings (SSSR count). The third-order valence-corrected chi connectivity index (χ3v) is 2.30. The van der Waals surface area contributed by atoms with Gasteiger partial charge in [-0.05, 0) is 26.7 Å². The van der Waals surface area contributed by atoms with Crippen molar-refractivity contribution in [3.05, 3.63) is 12.7 Å². The van der Waals surface area contributed by atoms with Gasteiger partial charge in [0, 0.05) is 6.42 Å². The highest BCUT2D eigenvalue weighted by atomic mass is 16.5. The molecule has 0 bridgehead atoms. The highest BCUT2D eigenvalue weighted by molar-refractivity contribution is 4.94. The average Bonchev–Trinajstić information content (AvgIpc) is 2.23. The Hall–Kier alpha value is -0.340. The molecule has 1 aliphatic heterocycles. The fourth-order valence-electron chi connectivity index (χ4n) is 1.76. The second-order valence-electron chi connectivity index (χ2n) is 4.28. The molecule has 0 aromatic carbocycles. The van der Waals surface area contributed by atoms with Crippen LogP contribution in [0.4, 0.5) is 0 Å². The van der Waals surface area contributed by atoms with Crippen molar-refractivity contribution in [2.24, 2.45) is 0 Å². The highest BCUT2D eigenvalue weighted by Crippen LogP contribution is 2.35. The Bertz CT molecular complexity index is 175. The minimum atomic E-state index is -0.613. The Morgan fingerprint density at radius 2 is 2.25 bits per heavy atom. The predicted molar refractivity (Wildman–Crippen MR) is 49.0 cm³/mol. The average molecular weight is 170 g/mol. The van der Waals surface area contributed by atoms with Gasteiger partial charge in [-0.3, -0.25) is 0 Å². The molecular formula is C10H18O2. The molecule has 70 valence electrons. The van der Waals surface area contributed by atoms with Gasteiger partial charge in [0.25, 0.3) is 0 Å². The molecule has 1 aliphatic rings. The Kier molecular flexibility index (Phi) is 2.59. The van der Waals surface area contributed by atoms with Crippen LogP contribution in [0.2, 0.25) is 0 Å². The van der Waals surface area contributed by atoms with Crippen molar-refractivity contribution in [2.75, 3.05) is 6.61 Å². The Labute approximate surface area is 74.2 Å². The molecule has 2 nitrogen and oxygen atoms in total. The molecule has 0 spiro atoms. The first kappa shape index (κ1) is 9.75. The molecule has 1 fully saturated rings. The molecule has 1 N–H and O–H groups in total. The molecule has 1 atom stereocenters. The molecule has 0 aromatic heterocycles. The molecule has 0 radical (unpaired) electrons. The zero-order chi connectivity index (χ0) is 9.24. The molecule has 0 aromatic rings. The Morgan fingerprint density at radius 3 is 2.67 bits per heavy atom. The van der Waals surface area contributed by atoms with Gasteiger partial charge >= 0.3 is 0 Å². The van der Waals surface area contributed by atoms with E-state index in [-0.39, 0.29) is 5.60 Å². The summed E-state index contributed by atoms with van der Waals surface area (Å²) >= 11 is 0. The summed E-state index contributed by atoms with van der Waals surface area (Å²) in [6.45, 7) is 8.13. The number of ether oxygens (including phenoxy) is 1. The van der Waals surface area contributed by atoms with E-state index in [0.717, 1.165) is 19.3 Å². The lowest BCUT2D eigenvalue weighted by Crippen LogP contribution is -2.30. The van der Waals surface area contributed by atoms with Gasteiger partial charge in [0.2, 0.25) is 0 Å². The van der Waals surface area contributed by atoms with E-state index in [0.29, 0.717) is 6.61 Å². The minimum absolute atomic E-state index is 0.157. The quantitative estimate of drug-likeness (QED) is 0.655. The molecule has 12 heavy (non-hydrogen) atoms. The molecule has 0 aliphatic carbocycles. The van der Waals surface area contributed by atoms with E-state index in [1.54, 1.807) is 0 Å². The maximum atomic E-state index is 9.99. The summed E-state index contributed by atoms with van der Waals surface area (Å²) in [5.41, 5.74) is -0.770. The minimum Gasteiger partial charge on any atom is -0.387 e. The predicted octanol–water partition coefficient (Wildman–Crippen LogP) is 1.88. The number of aliphatic hydroxyl groups is 1. The van der Waals surface area contributed by atoms with Gasteiger partial charge in [-0.25, -0.2) is 0 Å². The van der Waals surface area contributed by atoms with Crippen molar-refractivity contribution in [2.45, 2.75) is 44.3 Å². The fourth-order valence-corrected chi connectivity index (χ4v) is 1.76. The Morgan fingerprint density at radius 1 is 1.58 bits per heavy atom. The number of hydrogen-bond donors (Lipinski definition) is 1. The van der Waals surface area contributed by atoms with Crippen LogP contribution in [0, 0.1) is 0 Å². The molecular weight excluding hydrogens is 152 g/mol. The second kappa shape index (κ2) is 3.19. The Balaban J connectivity index is 2.46. The zero-order valence-electron chi connectivity index (χ0n) is 7.97. The summed E-state index contributed by atoms with van der Waals surface area (Å²) < 4.78 is 5.47. The second-order valence-corrected chi connectivity index (χ2v) is 4.28. The smallest absolute Gasteiger partial charge is 0.0910 e. The molecule has 1 unspecified atom stereocenters. The van der Waals surface area contributed by atoms with Crippen molar-refractivity contribution in [1.29, 1.82) is 0 Å². The molecule has 1 saturated heterocycles. The third-order valence-electron chi connectivity index (χ3n) is 2.30. The van der Waals surface area contributed by atoms with Crippen molar-refractivity contribution in [3.8, 4) is 0 Å². The van der Waals surface area contributed by atoms with Crippen LogP contribution in [0.3, 0.4) is 0 Å². The van der Waals surface area contributed by atoms with E-state index in [1.807, 2.05) is 19.9 Å². The highest BCUT2D eigenvalue weighted by Gasteiger charge is 2.42. The van der Waals surface area contributed by atoms with Crippen molar-refractivity contribution < 1.29 is 9.84 Å². The van der Waals surface area contributed by atoms with E-state index in [9.17, 15) is 5.11 Å². The van der Waals surface area contributed by atoms with Crippen LogP contribution in [0.25, 0.3) is 0 Å². The lowest BCUT2D eigenvalue weighted by atomic mass is 9.90. The normalized spacial score (nSPS) is 33.6. The van der Waals surface area contributed by atoms with Gasteiger partial charge in [-0.2, -0.15) is 0 Å². The largest absolute Gasteiger partial charge is 0.387 e. The standard InChI is InChI=1S/C10H18O2/c1-4-5-6-10(11)7-9(2,3)12-8-10/h4,11H,1,5-8H2,2-3H3. The first-order chi connectivity index (χ1) is 5.47. The summed E-state index contributed by atoms with van der Waals surface area (Å²) in [6.07, 6.45) is 4.19. The summed E-state index contributed by atoms with van der Waals surface area (Å²) in [5, 5.41) is 9.99. The van der Waals surface area contributed by atoms with Crippen LogP contribution in [0.1, 0.15) is 33.1 Å². The molecule has 0 amide bonds. The van der Waals surface area contributed by atoms with Crippen LogP contribution in [-0.4, -0.2) is 22.9 Å². The van der Waals surface area contributed by atoms with E-state index >= 15 is 0 Å². The SMILES string of the molecule is C=CCCC1(O)COC(C)(C)C1. The first-order valence-electron chi connectivity index (χ1n) is 4.45. The van der Waals surface area contributed by atoms with Gasteiger partial charge in [0.1, 0.15) is 0 Å². The lowest BCUT2D eigenvalue weighted by Gasteiger charge is -2.21. The topological polar surface area (TPSA) is 29.5 Å². The summed E-state index contributed by atoms with van der Waals surface area (Å²) in [5.74, 6) is 0. The zero-order valence-corrected chi connectivity index (χ0v) is 7.97. The number of rotatable bonds is 3. The number of hydrogen-bond acceptors (Lipinski definition) is 2. The van der Waals surface area contributed by atoms with Crippen LogP contribution < -0.4 is 0 Å². The van der Waals surface area contributed by atoms with Crippen molar-refractivity contribution in [1.82, 2.24) is 0 Å². The van der Waals surface area contributed by atoms with E-state index in [1.165, 1.54) is 0 Å². The van der Waals surface area contributed by atoms with Gasteiger partial charge in [-0.1, -0.05) is 6.08 Å².